The average Bonchev–Trinajstić information content (AvgIpc) is 2.46. The van der Waals surface area contributed by atoms with E-state index in [1.54, 1.807) is 0 Å². The van der Waals surface area contributed by atoms with Crippen LogP contribution in [0.15, 0.2) is 0 Å². The molecule has 2 N–H and O–H groups in total. The van der Waals surface area contributed by atoms with E-state index in [0.717, 1.165) is 12.6 Å². The van der Waals surface area contributed by atoms with Crippen LogP contribution in [0, 0.1) is 5.92 Å². The van der Waals surface area contributed by atoms with Crippen molar-refractivity contribution < 1.29 is 0 Å². The second-order valence-electron chi connectivity index (χ2n) is 5.59. The third kappa shape index (κ3) is 2.94. The molecule has 1 saturated heterocycles. The third-order valence-corrected chi connectivity index (χ3v) is 4.29. The fourth-order valence-corrected chi connectivity index (χ4v) is 3.13. The maximum absolute atomic E-state index is 6.10. The minimum Gasteiger partial charge on any atom is -0.326 e. The van der Waals surface area contributed by atoms with Crippen LogP contribution in [0.25, 0.3) is 0 Å². The van der Waals surface area contributed by atoms with Gasteiger partial charge in [-0.15, -0.1) is 0 Å². The van der Waals surface area contributed by atoms with E-state index < -0.39 is 0 Å². The largest absolute Gasteiger partial charge is 0.326 e. The molecule has 2 heteroatoms. The zero-order valence-corrected chi connectivity index (χ0v) is 10.1. The quantitative estimate of drug-likeness (QED) is 0.720. The smallest absolute Gasteiger partial charge is 0.0206 e. The van der Waals surface area contributed by atoms with Crippen LogP contribution in [0.4, 0.5) is 0 Å². The Morgan fingerprint density at radius 2 is 1.53 bits per heavy atom. The summed E-state index contributed by atoms with van der Waals surface area (Å²) in [4.78, 5) is 2.67. The van der Waals surface area contributed by atoms with Crippen molar-refractivity contribution in [2.45, 2.75) is 64.0 Å². The summed E-state index contributed by atoms with van der Waals surface area (Å²) in [5.41, 5.74) is 6.10. The number of rotatable bonds is 1. The first kappa shape index (κ1) is 11.4. The summed E-state index contributed by atoms with van der Waals surface area (Å²) in [6, 6.07) is 1.27. The van der Waals surface area contributed by atoms with Crippen LogP contribution in [0.1, 0.15) is 51.9 Å². The fraction of sp³-hybridized carbons (Fsp3) is 1.00. The van der Waals surface area contributed by atoms with Crippen molar-refractivity contribution in [2.24, 2.45) is 11.7 Å². The van der Waals surface area contributed by atoms with E-state index >= 15 is 0 Å². The first-order chi connectivity index (χ1) is 7.27. The summed E-state index contributed by atoms with van der Waals surface area (Å²) in [5.74, 6) is 0.704. The van der Waals surface area contributed by atoms with E-state index in [1.165, 1.54) is 51.5 Å². The summed E-state index contributed by atoms with van der Waals surface area (Å²) in [5, 5.41) is 0. The summed E-state index contributed by atoms with van der Waals surface area (Å²) in [6.07, 6.45) is 10.1. The predicted molar refractivity (Wildman–Crippen MR) is 64.8 cm³/mol. The van der Waals surface area contributed by atoms with Gasteiger partial charge in [-0.05, 0) is 18.8 Å². The predicted octanol–water partition coefficient (Wildman–Crippen LogP) is 2.38. The van der Waals surface area contributed by atoms with Crippen molar-refractivity contribution >= 4 is 0 Å². The van der Waals surface area contributed by atoms with Crippen LogP contribution in [-0.4, -0.2) is 30.1 Å². The Bertz CT molecular complexity index is 175. The number of hydrogen-bond acceptors (Lipinski definition) is 2. The molecule has 2 nitrogen and oxygen atoms in total. The van der Waals surface area contributed by atoms with Gasteiger partial charge >= 0.3 is 0 Å². The van der Waals surface area contributed by atoms with Crippen LogP contribution in [0.5, 0.6) is 0 Å². The van der Waals surface area contributed by atoms with E-state index in [1.807, 2.05) is 0 Å². The Morgan fingerprint density at radius 3 is 2.07 bits per heavy atom. The first-order valence-electron chi connectivity index (χ1n) is 6.77. The van der Waals surface area contributed by atoms with Crippen LogP contribution >= 0.6 is 0 Å². The van der Waals surface area contributed by atoms with Crippen molar-refractivity contribution in [1.82, 2.24) is 4.90 Å². The molecular weight excluding hydrogens is 184 g/mol. The van der Waals surface area contributed by atoms with Crippen molar-refractivity contribution in [2.75, 3.05) is 13.1 Å². The molecule has 0 bridgehead atoms. The Balaban J connectivity index is 1.85. The Morgan fingerprint density at radius 1 is 0.933 bits per heavy atom. The lowest BCUT2D eigenvalue weighted by atomic mass is 9.96. The molecule has 2 aliphatic rings. The van der Waals surface area contributed by atoms with Gasteiger partial charge < -0.3 is 5.73 Å². The molecule has 0 aromatic rings. The van der Waals surface area contributed by atoms with E-state index in [-0.39, 0.29) is 0 Å². The van der Waals surface area contributed by atoms with Crippen molar-refractivity contribution in [1.29, 1.82) is 0 Å². The number of nitrogens with two attached hydrogens (primary N) is 1. The Kier molecular flexibility index (Phi) is 4.04. The molecule has 2 rings (SSSR count). The van der Waals surface area contributed by atoms with E-state index in [0.29, 0.717) is 12.0 Å². The maximum atomic E-state index is 6.10. The molecule has 1 heterocycles. The standard InChI is InChI=1S/C13H26N2/c1-11-9-15(10-13(11)14)12-7-5-3-2-4-6-8-12/h11-13H,2-10,14H2,1H3. The van der Waals surface area contributed by atoms with Gasteiger partial charge in [0.05, 0.1) is 0 Å². The zero-order valence-electron chi connectivity index (χ0n) is 10.1. The summed E-state index contributed by atoms with van der Waals surface area (Å²) >= 11 is 0. The molecule has 0 spiro atoms. The van der Waals surface area contributed by atoms with Gasteiger partial charge in [0.1, 0.15) is 0 Å². The molecule has 1 saturated carbocycles. The van der Waals surface area contributed by atoms with Gasteiger partial charge in [-0.1, -0.05) is 39.0 Å². The zero-order chi connectivity index (χ0) is 10.7. The van der Waals surface area contributed by atoms with Gasteiger partial charge in [-0.3, -0.25) is 4.90 Å². The summed E-state index contributed by atoms with van der Waals surface area (Å²) in [6.45, 7) is 4.69. The second kappa shape index (κ2) is 5.31. The van der Waals surface area contributed by atoms with Crippen LogP contribution < -0.4 is 5.73 Å². The van der Waals surface area contributed by atoms with Crippen molar-refractivity contribution in [3.05, 3.63) is 0 Å². The molecule has 1 aliphatic carbocycles. The van der Waals surface area contributed by atoms with E-state index in [9.17, 15) is 0 Å². The monoisotopic (exact) mass is 210 g/mol. The number of hydrogen-bond donors (Lipinski definition) is 1. The van der Waals surface area contributed by atoms with Crippen molar-refractivity contribution in [3.63, 3.8) is 0 Å². The molecule has 2 atom stereocenters. The normalized spacial score (nSPS) is 36.4. The lowest BCUT2D eigenvalue weighted by Gasteiger charge is -2.29. The van der Waals surface area contributed by atoms with Crippen molar-refractivity contribution in [3.8, 4) is 0 Å². The highest BCUT2D eigenvalue weighted by atomic mass is 15.2. The fourth-order valence-electron chi connectivity index (χ4n) is 3.13. The molecule has 1 aliphatic heterocycles. The van der Waals surface area contributed by atoms with Gasteiger partial charge in [-0.2, -0.15) is 0 Å². The number of nitrogens with zero attached hydrogens (tertiary/aromatic N) is 1. The molecule has 2 fully saturated rings. The summed E-state index contributed by atoms with van der Waals surface area (Å²) < 4.78 is 0. The second-order valence-corrected chi connectivity index (χ2v) is 5.59. The molecule has 88 valence electrons. The molecule has 0 radical (unpaired) electrons. The Labute approximate surface area is 94.2 Å². The topological polar surface area (TPSA) is 29.3 Å². The van der Waals surface area contributed by atoms with E-state index in [4.69, 9.17) is 5.73 Å². The lowest BCUT2D eigenvalue weighted by Crippen LogP contribution is -2.36. The molecule has 2 unspecified atom stereocenters. The molecule has 15 heavy (non-hydrogen) atoms. The van der Waals surface area contributed by atoms with Crippen LogP contribution in [0.3, 0.4) is 0 Å². The highest BCUT2D eigenvalue weighted by Crippen LogP contribution is 2.25. The Hall–Kier alpha value is -0.0800. The van der Waals surface area contributed by atoms with Gasteiger partial charge in [0.2, 0.25) is 0 Å². The molecular formula is C13H26N2. The summed E-state index contributed by atoms with van der Waals surface area (Å²) in [7, 11) is 0. The van der Waals surface area contributed by atoms with Gasteiger partial charge in [0.25, 0.3) is 0 Å². The third-order valence-electron chi connectivity index (χ3n) is 4.29. The minimum absolute atomic E-state index is 0.426. The first-order valence-corrected chi connectivity index (χ1v) is 6.77. The highest BCUT2D eigenvalue weighted by molar-refractivity contribution is 4.88. The van der Waals surface area contributed by atoms with E-state index in [2.05, 4.69) is 11.8 Å². The van der Waals surface area contributed by atoms with Gasteiger partial charge in [0.15, 0.2) is 0 Å². The molecule has 0 amide bonds. The van der Waals surface area contributed by atoms with Crippen LogP contribution in [0.2, 0.25) is 0 Å². The van der Waals surface area contributed by atoms with Crippen LogP contribution in [-0.2, 0) is 0 Å². The maximum Gasteiger partial charge on any atom is 0.0206 e. The lowest BCUT2D eigenvalue weighted by molar-refractivity contribution is 0.196. The van der Waals surface area contributed by atoms with Gasteiger partial charge in [-0.25, -0.2) is 0 Å². The molecule has 0 aromatic carbocycles. The minimum atomic E-state index is 0.426. The SMILES string of the molecule is CC1CN(C2CCCCCCC2)CC1N. The number of likely N-dealkylation sites (tertiary alicyclic amines) is 1. The average molecular weight is 210 g/mol. The highest BCUT2D eigenvalue weighted by Gasteiger charge is 2.30. The van der Waals surface area contributed by atoms with Gasteiger partial charge in [0, 0.05) is 25.2 Å². The molecule has 0 aromatic heterocycles.